The molecule has 0 fully saturated rings. The molecular formula is C13H11BF3N2O2. The van der Waals surface area contributed by atoms with Gasteiger partial charge in [0.15, 0.2) is 0 Å². The minimum Gasteiger partial charge on any atom is -0.450 e. The second kappa shape index (κ2) is 6.15. The Kier molecular flexibility index (Phi) is 4.49. The molecular weight excluding hydrogens is 284 g/mol. The molecule has 4 nitrogen and oxygen atoms in total. The second-order valence-corrected chi connectivity index (χ2v) is 4.20. The molecule has 0 unspecified atom stereocenters. The summed E-state index contributed by atoms with van der Waals surface area (Å²) in [4.78, 5) is 3.43. The van der Waals surface area contributed by atoms with E-state index in [4.69, 9.17) is 15.5 Å². The van der Waals surface area contributed by atoms with E-state index in [1.807, 2.05) is 0 Å². The SMILES string of the molecule is NCc1cc(Oc2cccc([B]O)c2)nc(C(F)(F)F)c1. The summed E-state index contributed by atoms with van der Waals surface area (Å²) in [7, 11) is 0.859. The van der Waals surface area contributed by atoms with Crippen molar-refractivity contribution in [3.05, 3.63) is 47.7 Å². The van der Waals surface area contributed by atoms with Crippen LogP contribution in [0.5, 0.6) is 11.6 Å². The molecule has 0 saturated heterocycles. The van der Waals surface area contributed by atoms with Crippen molar-refractivity contribution in [2.75, 3.05) is 0 Å². The van der Waals surface area contributed by atoms with Crippen molar-refractivity contribution < 1.29 is 22.9 Å². The highest BCUT2D eigenvalue weighted by Crippen LogP contribution is 2.31. The monoisotopic (exact) mass is 295 g/mol. The summed E-state index contributed by atoms with van der Waals surface area (Å²) in [6.07, 6.45) is -4.58. The third-order valence-electron chi connectivity index (χ3n) is 2.62. The first kappa shape index (κ1) is 15.3. The highest BCUT2D eigenvalue weighted by molar-refractivity contribution is 6.45. The third-order valence-corrected chi connectivity index (χ3v) is 2.62. The van der Waals surface area contributed by atoms with Gasteiger partial charge in [-0.15, -0.1) is 0 Å². The van der Waals surface area contributed by atoms with Gasteiger partial charge in [-0.25, -0.2) is 4.98 Å². The summed E-state index contributed by atoms with van der Waals surface area (Å²) in [6.45, 7) is -0.0631. The molecule has 1 heterocycles. The maximum Gasteiger partial charge on any atom is 0.433 e. The topological polar surface area (TPSA) is 68.4 Å². The Labute approximate surface area is 119 Å². The van der Waals surface area contributed by atoms with Crippen molar-refractivity contribution >= 4 is 12.9 Å². The van der Waals surface area contributed by atoms with Crippen LogP contribution in [0, 0.1) is 0 Å². The van der Waals surface area contributed by atoms with Crippen LogP contribution in [0.2, 0.25) is 0 Å². The standard InChI is InChI=1S/C13H11BF3N2O2/c15-13(16,17)11-4-8(7-18)5-12(19-11)21-10-3-1-2-9(6-10)14-20/h1-6,20H,7,18H2. The van der Waals surface area contributed by atoms with Gasteiger partial charge in [0.05, 0.1) is 0 Å². The number of aromatic nitrogens is 1. The molecule has 0 bridgehead atoms. The van der Waals surface area contributed by atoms with E-state index in [2.05, 4.69) is 4.98 Å². The van der Waals surface area contributed by atoms with Crippen molar-refractivity contribution in [3.8, 4) is 11.6 Å². The lowest BCUT2D eigenvalue weighted by molar-refractivity contribution is -0.141. The molecule has 0 aliphatic carbocycles. The van der Waals surface area contributed by atoms with E-state index < -0.39 is 11.9 Å². The Balaban J connectivity index is 2.34. The van der Waals surface area contributed by atoms with Gasteiger partial charge in [-0.05, 0) is 23.8 Å². The number of alkyl halides is 3. The Morgan fingerprint density at radius 2 is 2.00 bits per heavy atom. The minimum absolute atomic E-state index is 0.0631. The molecule has 109 valence electrons. The number of rotatable bonds is 4. The van der Waals surface area contributed by atoms with Crippen LogP contribution in [-0.2, 0) is 12.7 Å². The first-order chi connectivity index (χ1) is 9.92. The van der Waals surface area contributed by atoms with Gasteiger partial charge in [0, 0.05) is 12.6 Å². The predicted octanol–water partition coefficient (Wildman–Crippen LogP) is 1.59. The number of benzene rings is 1. The number of ether oxygens (including phenoxy) is 1. The molecule has 1 radical (unpaired) electrons. The van der Waals surface area contributed by atoms with Gasteiger partial charge < -0.3 is 15.5 Å². The van der Waals surface area contributed by atoms with Gasteiger partial charge >= 0.3 is 13.7 Å². The van der Waals surface area contributed by atoms with Crippen LogP contribution in [0.3, 0.4) is 0 Å². The molecule has 21 heavy (non-hydrogen) atoms. The van der Waals surface area contributed by atoms with Crippen molar-refractivity contribution in [3.63, 3.8) is 0 Å². The largest absolute Gasteiger partial charge is 0.450 e. The number of nitrogens with two attached hydrogens (primary N) is 1. The fourth-order valence-corrected chi connectivity index (χ4v) is 1.65. The lowest BCUT2D eigenvalue weighted by atomic mass is 9.89. The zero-order valence-corrected chi connectivity index (χ0v) is 10.8. The van der Waals surface area contributed by atoms with E-state index in [-0.39, 0.29) is 23.7 Å². The summed E-state index contributed by atoms with van der Waals surface area (Å²) < 4.78 is 43.5. The number of halogens is 3. The van der Waals surface area contributed by atoms with Crippen LogP contribution < -0.4 is 15.9 Å². The van der Waals surface area contributed by atoms with Gasteiger partial charge in [0.2, 0.25) is 5.88 Å². The van der Waals surface area contributed by atoms with Gasteiger partial charge in [-0.1, -0.05) is 17.6 Å². The van der Waals surface area contributed by atoms with E-state index in [1.165, 1.54) is 18.2 Å². The molecule has 0 spiro atoms. The van der Waals surface area contributed by atoms with Crippen LogP contribution in [0.15, 0.2) is 36.4 Å². The molecule has 0 aliphatic heterocycles. The van der Waals surface area contributed by atoms with Gasteiger partial charge in [0.25, 0.3) is 0 Å². The van der Waals surface area contributed by atoms with E-state index in [0.29, 0.717) is 5.46 Å². The van der Waals surface area contributed by atoms with Crippen molar-refractivity contribution in [2.45, 2.75) is 12.7 Å². The first-order valence-corrected chi connectivity index (χ1v) is 5.96. The quantitative estimate of drug-likeness (QED) is 0.840. The Hall–Kier alpha value is -2.06. The number of pyridine rings is 1. The molecule has 0 atom stereocenters. The summed E-state index contributed by atoms with van der Waals surface area (Å²) in [6, 6.07) is 8.42. The summed E-state index contributed by atoms with van der Waals surface area (Å²) in [5, 5.41) is 8.90. The van der Waals surface area contributed by atoms with Gasteiger partial charge in [0.1, 0.15) is 11.4 Å². The Morgan fingerprint density at radius 1 is 1.24 bits per heavy atom. The molecule has 0 saturated carbocycles. The molecule has 0 amide bonds. The molecule has 0 aliphatic rings. The summed E-state index contributed by atoms with van der Waals surface area (Å²) >= 11 is 0. The lowest BCUT2D eigenvalue weighted by Crippen LogP contribution is -2.13. The second-order valence-electron chi connectivity index (χ2n) is 4.20. The Morgan fingerprint density at radius 3 is 2.62 bits per heavy atom. The van der Waals surface area contributed by atoms with Crippen LogP contribution >= 0.6 is 0 Å². The van der Waals surface area contributed by atoms with E-state index in [9.17, 15) is 13.2 Å². The predicted molar refractivity (Wildman–Crippen MR) is 71.3 cm³/mol. The Bertz CT molecular complexity index is 635. The molecule has 8 heteroatoms. The summed E-state index contributed by atoms with van der Waals surface area (Å²) in [5.41, 5.74) is 5.03. The molecule has 2 aromatic rings. The number of hydrogen-bond donors (Lipinski definition) is 2. The highest BCUT2D eigenvalue weighted by atomic mass is 19.4. The minimum atomic E-state index is -4.58. The normalized spacial score (nSPS) is 11.3. The average molecular weight is 295 g/mol. The fourth-order valence-electron chi connectivity index (χ4n) is 1.65. The molecule has 3 N–H and O–H groups in total. The molecule has 1 aromatic heterocycles. The van der Waals surface area contributed by atoms with Gasteiger partial charge in [-0.3, -0.25) is 0 Å². The van der Waals surface area contributed by atoms with Gasteiger partial charge in [-0.2, -0.15) is 13.2 Å². The van der Waals surface area contributed by atoms with E-state index >= 15 is 0 Å². The zero-order chi connectivity index (χ0) is 15.5. The van der Waals surface area contributed by atoms with E-state index in [1.54, 1.807) is 12.1 Å². The maximum absolute atomic E-state index is 12.7. The van der Waals surface area contributed by atoms with Crippen LogP contribution in [-0.4, -0.2) is 17.5 Å². The molecule has 2 rings (SSSR count). The van der Waals surface area contributed by atoms with Crippen LogP contribution in [0.25, 0.3) is 0 Å². The van der Waals surface area contributed by atoms with E-state index in [0.717, 1.165) is 13.5 Å². The number of hydrogen-bond acceptors (Lipinski definition) is 4. The van der Waals surface area contributed by atoms with Crippen molar-refractivity contribution in [1.82, 2.24) is 4.98 Å². The zero-order valence-electron chi connectivity index (χ0n) is 10.8. The number of nitrogens with zero attached hydrogens (tertiary/aromatic N) is 1. The van der Waals surface area contributed by atoms with Crippen LogP contribution in [0.1, 0.15) is 11.3 Å². The fraction of sp³-hybridized carbons (Fsp3) is 0.154. The van der Waals surface area contributed by atoms with Crippen LogP contribution in [0.4, 0.5) is 13.2 Å². The first-order valence-electron chi connectivity index (χ1n) is 5.96. The highest BCUT2D eigenvalue weighted by Gasteiger charge is 2.33. The summed E-state index contributed by atoms with van der Waals surface area (Å²) in [5.74, 6) is 0.0490. The molecule has 1 aromatic carbocycles. The average Bonchev–Trinajstić information content (AvgIpc) is 2.46. The smallest absolute Gasteiger partial charge is 0.433 e. The van der Waals surface area contributed by atoms with Crippen molar-refractivity contribution in [1.29, 1.82) is 0 Å². The lowest BCUT2D eigenvalue weighted by Gasteiger charge is -2.11. The maximum atomic E-state index is 12.7. The third kappa shape index (κ3) is 3.96. The van der Waals surface area contributed by atoms with Crippen molar-refractivity contribution in [2.24, 2.45) is 5.73 Å².